The summed E-state index contributed by atoms with van der Waals surface area (Å²) in [5, 5.41) is 22.2. The summed E-state index contributed by atoms with van der Waals surface area (Å²) in [6, 6.07) is 8.27. The van der Waals surface area contributed by atoms with Gasteiger partial charge < -0.3 is 20.4 Å². The summed E-state index contributed by atoms with van der Waals surface area (Å²) in [5.41, 5.74) is 0.565. The van der Waals surface area contributed by atoms with Gasteiger partial charge in [0.05, 0.1) is 12.2 Å². The molecule has 0 saturated carbocycles. The molecule has 1 heterocycles. The molecular weight excluding hydrogens is 308 g/mol. The lowest BCUT2D eigenvalue weighted by Crippen LogP contribution is -2.50. The van der Waals surface area contributed by atoms with Crippen LogP contribution in [0.15, 0.2) is 28.7 Å². The summed E-state index contributed by atoms with van der Waals surface area (Å²) in [6.45, 7) is 2.93. The second-order valence-electron chi connectivity index (χ2n) is 5.09. The predicted molar refractivity (Wildman–Crippen MR) is 80.5 cm³/mol. The number of aliphatic hydroxyl groups is 2. The minimum atomic E-state index is -0.638. The minimum absolute atomic E-state index is 0.112. The number of rotatable bonds is 5. The fraction of sp³-hybridized carbons (Fsp3) is 0.571. The molecule has 0 amide bonds. The topological polar surface area (TPSA) is 55.7 Å². The van der Waals surface area contributed by atoms with Crippen LogP contribution in [0, 0.1) is 0 Å². The Kier molecular flexibility index (Phi) is 5.21. The molecule has 0 radical (unpaired) electrons. The monoisotopic (exact) mass is 328 g/mol. The van der Waals surface area contributed by atoms with Crippen molar-refractivity contribution in [1.29, 1.82) is 0 Å². The van der Waals surface area contributed by atoms with Crippen LogP contribution in [0.1, 0.15) is 12.8 Å². The zero-order valence-electron chi connectivity index (χ0n) is 11.0. The van der Waals surface area contributed by atoms with Gasteiger partial charge in [0.25, 0.3) is 0 Å². The van der Waals surface area contributed by atoms with Crippen LogP contribution < -0.4 is 10.2 Å². The highest BCUT2D eigenvalue weighted by atomic mass is 79.9. The lowest BCUT2D eigenvalue weighted by Gasteiger charge is -2.39. The molecule has 5 heteroatoms. The largest absolute Gasteiger partial charge is 0.395 e. The minimum Gasteiger partial charge on any atom is -0.395 e. The third-order valence-electron chi connectivity index (χ3n) is 3.63. The van der Waals surface area contributed by atoms with E-state index in [-0.39, 0.29) is 6.61 Å². The number of hydrogen-bond acceptors (Lipinski definition) is 4. The average Bonchev–Trinajstić information content (AvgIpc) is 2.41. The third kappa shape index (κ3) is 4.18. The van der Waals surface area contributed by atoms with Crippen molar-refractivity contribution in [2.24, 2.45) is 0 Å². The van der Waals surface area contributed by atoms with E-state index < -0.39 is 5.60 Å². The zero-order chi connectivity index (χ0) is 13.7. The molecule has 1 saturated heterocycles. The molecule has 0 atom stereocenters. The van der Waals surface area contributed by atoms with Crippen LogP contribution in [0.2, 0.25) is 0 Å². The number of nitrogens with zero attached hydrogens (tertiary/aromatic N) is 1. The van der Waals surface area contributed by atoms with E-state index in [9.17, 15) is 5.11 Å². The first-order chi connectivity index (χ1) is 9.13. The Bertz CT molecular complexity index is 389. The molecular formula is C14H21BrN2O2. The number of halogens is 1. The second-order valence-corrected chi connectivity index (χ2v) is 6.00. The number of aliphatic hydroxyl groups excluding tert-OH is 1. The first-order valence-corrected chi connectivity index (χ1v) is 7.47. The lowest BCUT2D eigenvalue weighted by atomic mass is 9.91. The van der Waals surface area contributed by atoms with Crippen LogP contribution in [0.3, 0.4) is 0 Å². The lowest BCUT2D eigenvalue weighted by molar-refractivity contribution is 0.0162. The molecule has 0 spiro atoms. The van der Waals surface area contributed by atoms with Crippen molar-refractivity contribution in [3.05, 3.63) is 28.7 Å². The molecule has 1 aliphatic rings. The molecule has 1 aliphatic heterocycles. The van der Waals surface area contributed by atoms with Crippen molar-refractivity contribution in [3.8, 4) is 0 Å². The summed E-state index contributed by atoms with van der Waals surface area (Å²) in [7, 11) is 0. The summed E-state index contributed by atoms with van der Waals surface area (Å²) < 4.78 is 1.08. The predicted octanol–water partition coefficient (Wildman–Crippen LogP) is 1.36. The Morgan fingerprint density at radius 2 is 1.84 bits per heavy atom. The van der Waals surface area contributed by atoms with Gasteiger partial charge in [0, 0.05) is 36.3 Å². The highest BCUT2D eigenvalue weighted by Gasteiger charge is 2.31. The standard InChI is InChI=1S/C14H21BrN2O2/c15-12-1-3-13(4-2-12)17-8-5-14(19,6-9-17)11-16-7-10-18/h1-4,16,18-19H,5-11H2. The van der Waals surface area contributed by atoms with Gasteiger partial charge in [-0.3, -0.25) is 0 Å². The van der Waals surface area contributed by atoms with Gasteiger partial charge in [-0.15, -0.1) is 0 Å². The van der Waals surface area contributed by atoms with E-state index in [0.717, 1.165) is 30.4 Å². The Morgan fingerprint density at radius 3 is 2.42 bits per heavy atom. The first-order valence-electron chi connectivity index (χ1n) is 6.67. The molecule has 1 aromatic carbocycles. The van der Waals surface area contributed by atoms with E-state index in [1.807, 2.05) is 12.1 Å². The highest BCUT2D eigenvalue weighted by Crippen LogP contribution is 2.26. The summed E-state index contributed by atoms with van der Waals surface area (Å²) in [4.78, 5) is 2.30. The quantitative estimate of drug-likeness (QED) is 0.714. The van der Waals surface area contributed by atoms with Crippen LogP contribution >= 0.6 is 15.9 Å². The molecule has 1 aromatic rings. The average molecular weight is 329 g/mol. The van der Waals surface area contributed by atoms with Gasteiger partial charge in [-0.2, -0.15) is 0 Å². The van der Waals surface area contributed by atoms with Crippen molar-refractivity contribution in [1.82, 2.24) is 5.32 Å². The number of anilines is 1. The molecule has 0 unspecified atom stereocenters. The highest BCUT2D eigenvalue weighted by molar-refractivity contribution is 9.10. The van der Waals surface area contributed by atoms with Gasteiger partial charge in [0.1, 0.15) is 0 Å². The van der Waals surface area contributed by atoms with E-state index in [2.05, 4.69) is 38.3 Å². The fourth-order valence-electron chi connectivity index (χ4n) is 2.41. The molecule has 106 valence electrons. The van der Waals surface area contributed by atoms with E-state index >= 15 is 0 Å². The number of hydrogen-bond donors (Lipinski definition) is 3. The normalized spacial score (nSPS) is 18.6. The summed E-state index contributed by atoms with van der Waals surface area (Å²) >= 11 is 3.44. The van der Waals surface area contributed by atoms with Crippen molar-refractivity contribution < 1.29 is 10.2 Å². The van der Waals surface area contributed by atoms with Gasteiger partial charge in [0.15, 0.2) is 0 Å². The first kappa shape index (κ1) is 14.8. The van der Waals surface area contributed by atoms with Gasteiger partial charge in [0.2, 0.25) is 0 Å². The Balaban J connectivity index is 1.86. The molecule has 0 aromatic heterocycles. The molecule has 0 bridgehead atoms. The van der Waals surface area contributed by atoms with Gasteiger partial charge in [-0.1, -0.05) is 15.9 Å². The van der Waals surface area contributed by atoms with Crippen LogP contribution in [-0.4, -0.2) is 48.6 Å². The molecule has 19 heavy (non-hydrogen) atoms. The van der Waals surface area contributed by atoms with Gasteiger partial charge in [-0.05, 0) is 37.1 Å². The van der Waals surface area contributed by atoms with Crippen molar-refractivity contribution >= 4 is 21.6 Å². The van der Waals surface area contributed by atoms with Crippen LogP contribution in [-0.2, 0) is 0 Å². The van der Waals surface area contributed by atoms with Crippen LogP contribution in [0.4, 0.5) is 5.69 Å². The van der Waals surface area contributed by atoms with Gasteiger partial charge in [-0.25, -0.2) is 0 Å². The van der Waals surface area contributed by atoms with Crippen LogP contribution in [0.5, 0.6) is 0 Å². The number of piperidine rings is 1. The maximum absolute atomic E-state index is 10.4. The zero-order valence-corrected chi connectivity index (χ0v) is 12.6. The molecule has 3 N–H and O–H groups in total. The van der Waals surface area contributed by atoms with E-state index in [4.69, 9.17) is 5.11 Å². The maximum atomic E-state index is 10.4. The van der Waals surface area contributed by atoms with E-state index in [1.54, 1.807) is 0 Å². The smallest absolute Gasteiger partial charge is 0.0805 e. The van der Waals surface area contributed by atoms with Gasteiger partial charge >= 0.3 is 0 Å². The Morgan fingerprint density at radius 1 is 1.21 bits per heavy atom. The fourth-order valence-corrected chi connectivity index (χ4v) is 2.67. The molecule has 1 fully saturated rings. The molecule has 0 aliphatic carbocycles. The number of benzene rings is 1. The maximum Gasteiger partial charge on any atom is 0.0805 e. The Labute approximate surface area is 122 Å². The van der Waals surface area contributed by atoms with Crippen molar-refractivity contribution in [3.63, 3.8) is 0 Å². The molecule has 2 rings (SSSR count). The summed E-state index contributed by atoms with van der Waals surface area (Å²) in [5.74, 6) is 0. The van der Waals surface area contributed by atoms with E-state index in [1.165, 1.54) is 5.69 Å². The van der Waals surface area contributed by atoms with Crippen LogP contribution in [0.25, 0.3) is 0 Å². The van der Waals surface area contributed by atoms with Crippen molar-refractivity contribution in [2.45, 2.75) is 18.4 Å². The second kappa shape index (κ2) is 6.70. The summed E-state index contributed by atoms with van der Waals surface area (Å²) in [6.07, 6.45) is 1.50. The SMILES string of the molecule is OCCNCC1(O)CCN(c2ccc(Br)cc2)CC1. The molecule has 4 nitrogen and oxygen atoms in total. The van der Waals surface area contributed by atoms with Crippen molar-refractivity contribution in [2.75, 3.05) is 37.7 Å². The Hall–Kier alpha value is -0.620. The number of nitrogens with one attached hydrogen (secondary N) is 1. The van der Waals surface area contributed by atoms with E-state index in [0.29, 0.717) is 13.1 Å². The third-order valence-corrected chi connectivity index (χ3v) is 4.16.